The Hall–Kier alpha value is -1.66. The summed E-state index contributed by atoms with van der Waals surface area (Å²) in [4.78, 5) is 0. The molecule has 0 amide bonds. The number of anilines is 1. The minimum absolute atomic E-state index is 0.331. The Balaban J connectivity index is 1.69. The van der Waals surface area contributed by atoms with Crippen LogP contribution in [0.25, 0.3) is 0 Å². The third-order valence-electron chi connectivity index (χ3n) is 2.57. The van der Waals surface area contributed by atoms with Crippen molar-refractivity contribution < 1.29 is 4.39 Å². The Bertz CT molecular complexity index is 587. The van der Waals surface area contributed by atoms with E-state index in [4.69, 9.17) is 23.8 Å². The third-order valence-corrected chi connectivity index (χ3v) is 3.01. The number of aromatic nitrogens is 2. The van der Waals surface area contributed by atoms with E-state index in [1.807, 2.05) is 0 Å². The van der Waals surface area contributed by atoms with E-state index in [-0.39, 0.29) is 5.82 Å². The summed E-state index contributed by atoms with van der Waals surface area (Å²) in [5, 5.41) is 10.9. The molecule has 20 heavy (non-hydrogen) atoms. The van der Waals surface area contributed by atoms with Crippen LogP contribution < -0.4 is 10.6 Å². The van der Waals surface area contributed by atoms with Crippen LogP contribution in [-0.4, -0.2) is 21.4 Å². The number of halogens is 2. The molecule has 0 fully saturated rings. The van der Waals surface area contributed by atoms with E-state index in [0.29, 0.717) is 22.4 Å². The standard InChI is InChI=1S/C13H14ClFN4S/c14-10-8-17-19(9-10)7-3-6-16-13(20)18-12-5-2-1-4-11(12)15/h1-2,4-5,8-9H,3,6-7H2,(H2,16,18,20). The van der Waals surface area contributed by atoms with Crippen molar-refractivity contribution in [1.29, 1.82) is 0 Å². The average Bonchev–Trinajstić information content (AvgIpc) is 2.83. The minimum Gasteiger partial charge on any atom is -0.362 e. The maximum absolute atomic E-state index is 13.4. The second kappa shape index (κ2) is 7.21. The van der Waals surface area contributed by atoms with Crippen molar-refractivity contribution in [2.24, 2.45) is 0 Å². The lowest BCUT2D eigenvalue weighted by atomic mass is 10.3. The molecule has 0 aliphatic rings. The number of nitrogens with zero attached hydrogens (tertiary/aromatic N) is 2. The topological polar surface area (TPSA) is 41.9 Å². The predicted octanol–water partition coefficient (Wildman–Crippen LogP) is 3.05. The summed E-state index contributed by atoms with van der Waals surface area (Å²) in [5.41, 5.74) is 0.365. The molecular formula is C13H14ClFN4S. The summed E-state index contributed by atoms with van der Waals surface area (Å²) in [6, 6.07) is 6.39. The molecule has 0 aliphatic carbocycles. The molecular weight excluding hydrogens is 299 g/mol. The fraction of sp³-hybridized carbons (Fsp3) is 0.231. The molecule has 1 heterocycles. The smallest absolute Gasteiger partial charge is 0.170 e. The Kier molecular flexibility index (Phi) is 5.31. The largest absolute Gasteiger partial charge is 0.362 e. The number of para-hydroxylation sites is 1. The Labute approximate surface area is 126 Å². The van der Waals surface area contributed by atoms with Crippen LogP contribution in [0.3, 0.4) is 0 Å². The maximum atomic E-state index is 13.4. The highest BCUT2D eigenvalue weighted by Gasteiger charge is 2.02. The van der Waals surface area contributed by atoms with Crippen LogP contribution in [0.2, 0.25) is 5.02 Å². The molecule has 4 nitrogen and oxygen atoms in total. The Morgan fingerprint density at radius 2 is 2.20 bits per heavy atom. The van der Waals surface area contributed by atoms with Gasteiger partial charge in [0.2, 0.25) is 0 Å². The summed E-state index contributed by atoms with van der Waals surface area (Å²) >= 11 is 10.9. The van der Waals surface area contributed by atoms with Gasteiger partial charge < -0.3 is 10.6 Å². The van der Waals surface area contributed by atoms with Crippen LogP contribution >= 0.6 is 23.8 Å². The quantitative estimate of drug-likeness (QED) is 0.658. The molecule has 0 saturated carbocycles. The van der Waals surface area contributed by atoms with E-state index in [2.05, 4.69) is 15.7 Å². The number of benzene rings is 1. The van der Waals surface area contributed by atoms with Crippen LogP contribution in [0.5, 0.6) is 0 Å². The Morgan fingerprint density at radius 1 is 1.40 bits per heavy atom. The number of rotatable bonds is 5. The average molecular weight is 313 g/mol. The monoisotopic (exact) mass is 312 g/mol. The number of hydrogen-bond donors (Lipinski definition) is 2. The van der Waals surface area contributed by atoms with Crippen molar-refractivity contribution in [2.75, 3.05) is 11.9 Å². The first-order chi connectivity index (χ1) is 9.65. The fourth-order valence-corrected chi connectivity index (χ4v) is 2.00. The van der Waals surface area contributed by atoms with Crippen molar-refractivity contribution in [3.05, 3.63) is 47.5 Å². The maximum Gasteiger partial charge on any atom is 0.170 e. The molecule has 0 radical (unpaired) electrons. The Morgan fingerprint density at radius 3 is 2.90 bits per heavy atom. The van der Waals surface area contributed by atoms with Gasteiger partial charge in [0.05, 0.1) is 16.9 Å². The van der Waals surface area contributed by atoms with E-state index in [1.54, 1.807) is 35.3 Å². The first-order valence-corrected chi connectivity index (χ1v) is 6.91. The highest BCUT2D eigenvalue weighted by molar-refractivity contribution is 7.80. The molecule has 0 spiro atoms. The van der Waals surface area contributed by atoms with Crippen LogP contribution in [0.15, 0.2) is 36.7 Å². The SMILES string of the molecule is Fc1ccccc1NC(=S)NCCCn1cc(Cl)cn1. The van der Waals surface area contributed by atoms with E-state index in [9.17, 15) is 4.39 Å². The highest BCUT2D eigenvalue weighted by atomic mass is 35.5. The van der Waals surface area contributed by atoms with Crippen LogP contribution in [0, 0.1) is 5.82 Å². The lowest BCUT2D eigenvalue weighted by molar-refractivity contribution is 0.574. The van der Waals surface area contributed by atoms with Crippen molar-refractivity contribution >= 4 is 34.6 Å². The first kappa shape index (κ1) is 14.7. The van der Waals surface area contributed by atoms with Gasteiger partial charge >= 0.3 is 0 Å². The van der Waals surface area contributed by atoms with Crippen molar-refractivity contribution in [1.82, 2.24) is 15.1 Å². The number of nitrogens with one attached hydrogen (secondary N) is 2. The summed E-state index contributed by atoms with van der Waals surface area (Å²) in [7, 11) is 0. The van der Waals surface area contributed by atoms with Gasteiger partial charge in [-0.2, -0.15) is 5.10 Å². The van der Waals surface area contributed by atoms with Crippen LogP contribution in [0.4, 0.5) is 10.1 Å². The first-order valence-electron chi connectivity index (χ1n) is 6.12. The molecule has 0 unspecified atom stereocenters. The summed E-state index contributed by atoms with van der Waals surface area (Å²) in [5.74, 6) is -0.331. The third kappa shape index (κ3) is 4.47. The molecule has 7 heteroatoms. The molecule has 2 N–H and O–H groups in total. The molecule has 1 aromatic heterocycles. The van der Waals surface area contributed by atoms with Crippen LogP contribution in [-0.2, 0) is 6.54 Å². The van der Waals surface area contributed by atoms with Gasteiger partial charge in [0, 0.05) is 19.3 Å². The predicted molar refractivity (Wildman–Crippen MR) is 82.5 cm³/mol. The minimum atomic E-state index is -0.331. The van der Waals surface area contributed by atoms with E-state index >= 15 is 0 Å². The second-order valence-corrected chi connectivity index (χ2v) is 4.98. The van der Waals surface area contributed by atoms with Gasteiger partial charge in [-0.3, -0.25) is 4.68 Å². The van der Waals surface area contributed by atoms with Crippen molar-refractivity contribution in [3.63, 3.8) is 0 Å². The van der Waals surface area contributed by atoms with Gasteiger partial charge in [-0.25, -0.2) is 4.39 Å². The zero-order valence-corrected chi connectivity index (χ0v) is 12.2. The molecule has 0 saturated heterocycles. The normalized spacial score (nSPS) is 10.3. The molecule has 0 aliphatic heterocycles. The second-order valence-electron chi connectivity index (χ2n) is 4.14. The van der Waals surface area contributed by atoms with Gasteiger partial charge in [-0.05, 0) is 30.8 Å². The molecule has 2 aromatic rings. The lowest BCUT2D eigenvalue weighted by Crippen LogP contribution is -2.30. The molecule has 1 aromatic carbocycles. The van der Waals surface area contributed by atoms with Gasteiger partial charge in [0.15, 0.2) is 5.11 Å². The zero-order chi connectivity index (χ0) is 14.4. The van der Waals surface area contributed by atoms with Gasteiger partial charge in [-0.15, -0.1) is 0 Å². The summed E-state index contributed by atoms with van der Waals surface area (Å²) in [6.07, 6.45) is 4.19. The zero-order valence-electron chi connectivity index (χ0n) is 10.6. The van der Waals surface area contributed by atoms with Gasteiger partial charge in [0.25, 0.3) is 0 Å². The van der Waals surface area contributed by atoms with Crippen molar-refractivity contribution in [3.8, 4) is 0 Å². The van der Waals surface area contributed by atoms with E-state index in [1.165, 1.54) is 6.07 Å². The van der Waals surface area contributed by atoms with Crippen molar-refractivity contribution in [2.45, 2.75) is 13.0 Å². The van der Waals surface area contributed by atoms with E-state index in [0.717, 1.165) is 13.0 Å². The number of aryl methyl sites for hydroxylation is 1. The fourth-order valence-electron chi connectivity index (χ4n) is 1.63. The molecule has 0 bridgehead atoms. The summed E-state index contributed by atoms with van der Waals surface area (Å²) in [6.45, 7) is 1.40. The molecule has 2 rings (SSSR count). The van der Waals surface area contributed by atoms with Crippen LogP contribution in [0.1, 0.15) is 6.42 Å². The summed E-state index contributed by atoms with van der Waals surface area (Å²) < 4.78 is 15.1. The number of hydrogen-bond acceptors (Lipinski definition) is 2. The van der Waals surface area contributed by atoms with Gasteiger partial charge in [0.1, 0.15) is 5.82 Å². The van der Waals surface area contributed by atoms with E-state index < -0.39 is 0 Å². The highest BCUT2D eigenvalue weighted by Crippen LogP contribution is 2.11. The molecule has 106 valence electrons. The van der Waals surface area contributed by atoms with Gasteiger partial charge in [-0.1, -0.05) is 23.7 Å². The lowest BCUT2D eigenvalue weighted by Gasteiger charge is -2.11. The number of thiocarbonyl (C=S) groups is 1. The molecule has 0 atom stereocenters.